The quantitative estimate of drug-likeness (QED) is 0.555. The minimum Gasteiger partial charge on any atom is -0.361 e. The fourth-order valence-electron chi connectivity index (χ4n) is 4.99. The van der Waals surface area contributed by atoms with E-state index in [1.54, 1.807) is 24.9 Å². The number of thioether (sulfide) groups is 1. The van der Waals surface area contributed by atoms with Crippen LogP contribution in [0.3, 0.4) is 0 Å². The van der Waals surface area contributed by atoms with Crippen LogP contribution >= 0.6 is 23.4 Å². The van der Waals surface area contributed by atoms with Gasteiger partial charge in [0.15, 0.2) is 0 Å². The van der Waals surface area contributed by atoms with Gasteiger partial charge in [-0.2, -0.15) is 0 Å². The van der Waals surface area contributed by atoms with Gasteiger partial charge >= 0.3 is 0 Å². The van der Waals surface area contributed by atoms with Crippen molar-refractivity contribution in [2.75, 3.05) is 27.2 Å². The first kappa shape index (κ1) is 22.7. The van der Waals surface area contributed by atoms with Crippen molar-refractivity contribution in [2.24, 2.45) is 16.8 Å². The highest BCUT2D eigenvalue weighted by Crippen LogP contribution is 2.48. The van der Waals surface area contributed by atoms with Crippen LogP contribution in [0.15, 0.2) is 69.9 Å². The number of hydrogen-bond acceptors (Lipinski definition) is 6. The molecule has 3 heterocycles. The van der Waals surface area contributed by atoms with Crippen molar-refractivity contribution >= 4 is 29.2 Å². The van der Waals surface area contributed by atoms with Crippen LogP contribution in [0.2, 0.25) is 5.02 Å². The van der Waals surface area contributed by atoms with Gasteiger partial charge in [0.25, 0.3) is 0 Å². The zero-order valence-electron chi connectivity index (χ0n) is 19.0. The summed E-state index contributed by atoms with van der Waals surface area (Å²) < 4.78 is 13.9. The molecule has 4 atom stereocenters. The van der Waals surface area contributed by atoms with Gasteiger partial charge in [-0.1, -0.05) is 54.6 Å². The molecule has 1 aromatic carbocycles. The van der Waals surface area contributed by atoms with Crippen LogP contribution in [-0.4, -0.2) is 48.3 Å². The van der Waals surface area contributed by atoms with Crippen LogP contribution in [0.4, 0.5) is 4.39 Å². The Morgan fingerprint density at radius 1 is 1.36 bits per heavy atom. The number of hydroxylamine groups is 1. The molecule has 8 heteroatoms. The first-order valence-corrected chi connectivity index (χ1v) is 12.5. The Balaban J connectivity index is 1.65. The summed E-state index contributed by atoms with van der Waals surface area (Å²) in [5.41, 5.74) is 7.50. The third-order valence-electron chi connectivity index (χ3n) is 6.57. The Kier molecular flexibility index (Phi) is 6.40. The fourth-order valence-corrected chi connectivity index (χ4v) is 6.24. The first-order valence-electron chi connectivity index (χ1n) is 11.2. The number of nitrogens with zero attached hydrogens (tertiary/aromatic N) is 3. The second-order valence-corrected chi connectivity index (χ2v) is 10.3. The largest absolute Gasteiger partial charge is 0.361 e. The molecule has 1 N–H and O–H groups in total. The van der Waals surface area contributed by atoms with E-state index in [-0.39, 0.29) is 17.2 Å². The van der Waals surface area contributed by atoms with Crippen LogP contribution in [0.25, 0.3) is 0 Å². The van der Waals surface area contributed by atoms with E-state index in [1.165, 1.54) is 29.0 Å². The lowest BCUT2D eigenvalue weighted by Crippen LogP contribution is -2.44. The number of rotatable bonds is 6. The second kappa shape index (κ2) is 9.29. The highest BCUT2D eigenvalue weighted by molar-refractivity contribution is 8.03. The van der Waals surface area contributed by atoms with Crippen molar-refractivity contribution in [2.45, 2.75) is 24.8 Å². The minimum atomic E-state index is -0.338. The number of allylic oxidation sites excluding steroid dienone is 4. The van der Waals surface area contributed by atoms with Crippen molar-refractivity contribution in [3.8, 4) is 0 Å². The summed E-state index contributed by atoms with van der Waals surface area (Å²) in [7, 11) is 3.73. The summed E-state index contributed by atoms with van der Waals surface area (Å²) in [6, 6.07) is 4.36. The maximum atomic E-state index is 13.9. The molecular formula is C25H28ClFN4OS. The standard InChI is InChI=1S/C25H28ClFN4OS/c1-15-4-5-17(10-15)22-21-11-16(13-28-32-3)14-31(21)24(25-30(2)8-9-33-25)29-23(22)19-7-6-18(27)12-20(19)26/h4-10,12,15-16,23,25,28H,11,13-14H2,1-3H3/t15-,16+,23-,25?/m0/s1. The molecule has 174 valence electrons. The van der Waals surface area contributed by atoms with Crippen molar-refractivity contribution in [1.29, 1.82) is 0 Å². The summed E-state index contributed by atoms with van der Waals surface area (Å²) >= 11 is 8.35. The predicted octanol–water partition coefficient (Wildman–Crippen LogP) is 5.27. The molecule has 0 aromatic heterocycles. The van der Waals surface area contributed by atoms with Gasteiger partial charge in [-0.15, -0.1) is 0 Å². The lowest BCUT2D eigenvalue weighted by atomic mass is 9.88. The number of hydrogen-bond donors (Lipinski definition) is 1. The molecule has 33 heavy (non-hydrogen) atoms. The van der Waals surface area contributed by atoms with Gasteiger partial charge in [-0.25, -0.2) is 9.87 Å². The molecule has 1 fully saturated rings. The Hall–Kier alpha value is -2.06. The van der Waals surface area contributed by atoms with Crippen molar-refractivity contribution in [1.82, 2.24) is 15.3 Å². The van der Waals surface area contributed by atoms with Gasteiger partial charge < -0.3 is 14.6 Å². The number of halogens is 2. The van der Waals surface area contributed by atoms with Crippen LogP contribution in [0, 0.1) is 17.7 Å². The second-order valence-electron chi connectivity index (χ2n) is 8.93. The van der Waals surface area contributed by atoms with Crippen LogP contribution in [0.5, 0.6) is 0 Å². The number of amidine groups is 1. The molecule has 1 saturated heterocycles. The molecule has 5 rings (SSSR count). The summed E-state index contributed by atoms with van der Waals surface area (Å²) in [5.74, 6) is 1.43. The van der Waals surface area contributed by atoms with Gasteiger partial charge in [0.1, 0.15) is 23.1 Å². The van der Waals surface area contributed by atoms with Crippen LogP contribution in [0.1, 0.15) is 24.9 Å². The fraction of sp³-hybridized carbons (Fsp3) is 0.400. The molecule has 4 aliphatic rings. The smallest absolute Gasteiger partial charge is 0.138 e. The van der Waals surface area contributed by atoms with Crippen LogP contribution in [-0.2, 0) is 4.84 Å². The van der Waals surface area contributed by atoms with Gasteiger partial charge in [0, 0.05) is 42.6 Å². The third-order valence-corrected chi connectivity index (χ3v) is 7.98. The third kappa shape index (κ3) is 4.28. The molecule has 3 aliphatic heterocycles. The molecule has 1 aliphatic carbocycles. The Morgan fingerprint density at radius 2 is 2.21 bits per heavy atom. The van der Waals surface area contributed by atoms with E-state index in [0.29, 0.717) is 16.9 Å². The zero-order chi connectivity index (χ0) is 23.1. The number of fused-ring (bicyclic) bond motifs is 1. The molecule has 0 spiro atoms. The topological polar surface area (TPSA) is 40.1 Å². The molecule has 0 radical (unpaired) electrons. The molecule has 0 amide bonds. The van der Waals surface area contributed by atoms with Gasteiger partial charge in [0.2, 0.25) is 0 Å². The van der Waals surface area contributed by atoms with E-state index in [9.17, 15) is 4.39 Å². The van der Waals surface area contributed by atoms with E-state index in [0.717, 1.165) is 30.9 Å². The summed E-state index contributed by atoms with van der Waals surface area (Å²) in [6.07, 6.45) is 9.67. The lowest BCUT2D eigenvalue weighted by Gasteiger charge is -2.37. The zero-order valence-corrected chi connectivity index (χ0v) is 20.5. The summed E-state index contributed by atoms with van der Waals surface area (Å²) in [6.45, 7) is 3.81. The SMILES string of the molecule is CONC[C@H]1CC2=C(C3=C[C@@H](C)C=C3)[C@H](c3ccc(F)cc3Cl)N=C(C3SC=CN3C)N2C1. The summed E-state index contributed by atoms with van der Waals surface area (Å²) in [4.78, 5) is 15.1. The number of nitrogens with one attached hydrogen (secondary N) is 1. The number of aliphatic imine (C=N–C) groups is 1. The Morgan fingerprint density at radius 3 is 2.88 bits per heavy atom. The molecule has 0 saturated carbocycles. The highest BCUT2D eigenvalue weighted by atomic mass is 35.5. The minimum absolute atomic E-state index is 0.0874. The monoisotopic (exact) mass is 486 g/mol. The van der Waals surface area contributed by atoms with E-state index in [2.05, 4.69) is 59.1 Å². The predicted molar refractivity (Wildman–Crippen MR) is 133 cm³/mol. The van der Waals surface area contributed by atoms with Crippen LogP contribution < -0.4 is 5.48 Å². The summed E-state index contributed by atoms with van der Waals surface area (Å²) in [5, 5.41) is 2.60. The van der Waals surface area contributed by atoms with Crippen molar-refractivity contribution in [3.05, 3.63) is 81.3 Å². The molecule has 5 nitrogen and oxygen atoms in total. The maximum Gasteiger partial charge on any atom is 0.138 e. The lowest BCUT2D eigenvalue weighted by molar-refractivity contribution is 0.0812. The van der Waals surface area contributed by atoms with Gasteiger partial charge in [-0.05, 0) is 46.9 Å². The number of benzene rings is 1. The first-order chi connectivity index (χ1) is 16.0. The van der Waals surface area contributed by atoms with E-state index >= 15 is 0 Å². The molecular weight excluding hydrogens is 459 g/mol. The van der Waals surface area contributed by atoms with Gasteiger partial charge in [-0.3, -0.25) is 4.99 Å². The van der Waals surface area contributed by atoms with Crippen molar-refractivity contribution < 1.29 is 9.23 Å². The van der Waals surface area contributed by atoms with E-state index in [4.69, 9.17) is 21.4 Å². The average molecular weight is 487 g/mol. The highest BCUT2D eigenvalue weighted by Gasteiger charge is 2.42. The Labute approximate surface area is 203 Å². The molecule has 0 bridgehead atoms. The van der Waals surface area contributed by atoms with Crippen molar-refractivity contribution in [3.63, 3.8) is 0 Å². The van der Waals surface area contributed by atoms with E-state index in [1.807, 2.05) is 0 Å². The number of likely N-dealkylation sites (N-methyl/N-ethyl adjacent to an activating group) is 1. The normalized spacial score (nSPS) is 28.6. The Bertz CT molecular complexity index is 1100. The average Bonchev–Trinajstić information content (AvgIpc) is 3.51. The maximum absolute atomic E-state index is 13.9. The van der Waals surface area contributed by atoms with E-state index < -0.39 is 0 Å². The molecule has 1 aromatic rings. The molecule has 1 unspecified atom stereocenters. The van der Waals surface area contributed by atoms with Gasteiger partial charge in [0.05, 0.1) is 7.11 Å².